The molecule has 6 nitrogen and oxygen atoms in total. The van der Waals surface area contributed by atoms with Crippen molar-refractivity contribution >= 4 is 29.1 Å². The van der Waals surface area contributed by atoms with Gasteiger partial charge in [-0.2, -0.15) is 0 Å². The Bertz CT molecular complexity index is 1030. The smallest absolute Gasteiger partial charge is 0.245 e. The van der Waals surface area contributed by atoms with Crippen LogP contribution >= 0.6 is 23.2 Å². The minimum absolute atomic E-state index is 0.101. The second-order valence-electron chi connectivity index (χ2n) is 6.54. The Morgan fingerprint density at radius 2 is 1.86 bits per heavy atom. The average Bonchev–Trinajstić information content (AvgIpc) is 3.09. The van der Waals surface area contributed by atoms with Gasteiger partial charge >= 0.3 is 0 Å². The molecule has 10 heteroatoms. The fourth-order valence-electron chi connectivity index (χ4n) is 2.92. The van der Waals surface area contributed by atoms with Crippen molar-refractivity contribution in [2.24, 2.45) is 0 Å². The third-order valence-corrected chi connectivity index (χ3v) is 5.08. The molecular weight excluding hydrogens is 423 g/mol. The van der Waals surface area contributed by atoms with Crippen LogP contribution in [0.5, 0.6) is 0 Å². The number of benzene rings is 2. The summed E-state index contributed by atoms with van der Waals surface area (Å²) in [5.74, 6) is -0.966. The van der Waals surface area contributed by atoms with Gasteiger partial charge in [0.15, 0.2) is 0 Å². The fourth-order valence-corrected chi connectivity index (χ4v) is 3.46. The van der Waals surface area contributed by atoms with Gasteiger partial charge in [-0.05, 0) is 59.7 Å². The Kier molecular flexibility index (Phi) is 6.44. The standard InChI is InChI=1S/C19H17Cl2F2N5O/c1-10(14-8-17(23)16(21)9-15(14)20)24-19(29)18(28-11(2)25-26-27-28)7-12-3-5-13(22)6-4-12/h3-6,8-10,18H,7H2,1-2H3,(H,24,29). The van der Waals surface area contributed by atoms with Gasteiger partial charge in [-0.25, -0.2) is 13.5 Å². The predicted molar refractivity (Wildman–Crippen MR) is 105 cm³/mol. The molecule has 1 amide bonds. The van der Waals surface area contributed by atoms with E-state index in [1.165, 1.54) is 28.9 Å². The fraction of sp³-hybridized carbons (Fsp3) is 0.263. The molecule has 0 spiro atoms. The highest BCUT2D eigenvalue weighted by Crippen LogP contribution is 2.29. The monoisotopic (exact) mass is 439 g/mol. The largest absolute Gasteiger partial charge is 0.348 e. The number of halogens is 4. The number of hydrogen-bond acceptors (Lipinski definition) is 4. The molecule has 1 heterocycles. The number of amides is 1. The van der Waals surface area contributed by atoms with Crippen LogP contribution in [0.25, 0.3) is 0 Å². The molecule has 3 aromatic rings. The summed E-state index contributed by atoms with van der Waals surface area (Å²) in [5, 5.41) is 14.2. The number of tetrazole rings is 1. The molecule has 3 rings (SSSR count). The van der Waals surface area contributed by atoms with Crippen LogP contribution in [0.3, 0.4) is 0 Å². The molecule has 2 aromatic carbocycles. The summed E-state index contributed by atoms with van der Waals surface area (Å²) < 4.78 is 28.4. The lowest BCUT2D eigenvalue weighted by atomic mass is 10.0. The summed E-state index contributed by atoms with van der Waals surface area (Å²) in [6.45, 7) is 3.34. The first kappa shape index (κ1) is 21.1. The summed E-state index contributed by atoms with van der Waals surface area (Å²) in [6.07, 6.45) is 0.230. The lowest BCUT2D eigenvalue weighted by molar-refractivity contribution is -0.125. The van der Waals surface area contributed by atoms with E-state index < -0.39 is 23.8 Å². The van der Waals surface area contributed by atoms with Crippen LogP contribution in [-0.2, 0) is 11.2 Å². The second kappa shape index (κ2) is 8.84. The number of carbonyl (C=O) groups is 1. The highest BCUT2D eigenvalue weighted by Gasteiger charge is 2.26. The maximum Gasteiger partial charge on any atom is 0.245 e. The van der Waals surface area contributed by atoms with Gasteiger partial charge in [-0.1, -0.05) is 35.3 Å². The zero-order valence-corrected chi connectivity index (χ0v) is 17.0. The van der Waals surface area contributed by atoms with Crippen molar-refractivity contribution in [3.63, 3.8) is 0 Å². The van der Waals surface area contributed by atoms with Crippen molar-refractivity contribution in [3.05, 3.63) is 75.0 Å². The van der Waals surface area contributed by atoms with Gasteiger partial charge < -0.3 is 5.32 Å². The highest BCUT2D eigenvalue weighted by molar-refractivity contribution is 6.35. The summed E-state index contributed by atoms with van der Waals surface area (Å²) in [5.41, 5.74) is 1.11. The van der Waals surface area contributed by atoms with Crippen molar-refractivity contribution in [1.29, 1.82) is 0 Å². The molecule has 152 valence electrons. The minimum atomic E-state index is -0.797. The number of aromatic nitrogens is 4. The van der Waals surface area contributed by atoms with Crippen LogP contribution in [0.1, 0.15) is 36.0 Å². The number of rotatable bonds is 6. The van der Waals surface area contributed by atoms with Crippen molar-refractivity contribution < 1.29 is 13.6 Å². The SMILES string of the molecule is Cc1nnnn1C(Cc1ccc(F)cc1)C(=O)NC(C)c1cc(F)c(Cl)cc1Cl. The van der Waals surface area contributed by atoms with E-state index in [-0.39, 0.29) is 22.3 Å². The van der Waals surface area contributed by atoms with Crippen LogP contribution in [0.15, 0.2) is 36.4 Å². The number of aryl methyl sites for hydroxylation is 1. The lowest BCUT2D eigenvalue weighted by Gasteiger charge is -2.22. The van der Waals surface area contributed by atoms with E-state index in [4.69, 9.17) is 23.2 Å². The Balaban J connectivity index is 1.85. The summed E-state index contributed by atoms with van der Waals surface area (Å²) >= 11 is 11.9. The van der Waals surface area contributed by atoms with Crippen LogP contribution in [0.2, 0.25) is 10.0 Å². The first-order valence-electron chi connectivity index (χ1n) is 8.70. The molecule has 2 unspecified atom stereocenters. The number of nitrogens with zero attached hydrogens (tertiary/aromatic N) is 4. The number of nitrogens with one attached hydrogen (secondary N) is 1. The topological polar surface area (TPSA) is 72.7 Å². The minimum Gasteiger partial charge on any atom is -0.348 e. The third kappa shape index (κ3) is 4.89. The molecule has 0 radical (unpaired) electrons. The van der Waals surface area contributed by atoms with Gasteiger partial charge in [0, 0.05) is 11.4 Å². The van der Waals surface area contributed by atoms with E-state index in [9.17, 15) is 13.6 Å². The van der Waals surface area contributed by atoms with Gasteiger partial charge in [-0.15, -0.1) is 5.10 Å². The Labute approximate surface area is 175 Å². The molecule has 0 aliphatic heterocycles. The van der Waals surface area contributed by atoms with Crippen molar-refractivity contribution in [3.8, 4) is 0 Å². The molecule has 2 atom stereocenters. The predicted octanol–water partition coefficient (Wildman–Crippen LogP) is 4.23. The molecular formula is C19H17Cl2F2N5O. The third-order valence-electron chi connectivity index (χ3n) is 4.46. The van der Waals surface area contributed by atoms with Gasteiger partial charge in [0.05, 0.1) is 11.1 Å². The zero-order chi connectivity index (χ0) is 21.1. The van der Waals surface area contributed by atoms with Crippen molar-refractivity contribution in [2.45, 2.75) is 32.4 Å². The number of carbonyl (C=O) groups excluding carboxylic acids is 1. The Hall–Kier alpha value is -2.58. The quantitative estimate of drug-likeness (QED) is 0.583. The van der Waals surface area contributed by atoms with Gasteiger partial charge in [0.1, 0.15) is 23.5 Å². The molecule has 0 saturated heterocycles. The molecule has 0 aliphatic carbocycles. The van der Waals surface area contributed by atoms with E-state index in [1.807, 2.05) is 0 Å². The molecule has 0 fully saturated rings. The van der Waals surface area contributed by atoms with E-state index in [0.717, 1.165) is 5.56 Å². The van der Waals surface area contributed by atoms with Gasteiger partial charge in [0.2, 0.25) is 5.91 Å². The molecule has 1 aromatic heterocycles. The second-order valence-corrected chi connectivity index (χ2v) is 7.35. The number of hydrogen-bond donors (Lipinski definition) is 1. The van der Waals surface area contributed by atoms with E-state index in [1.54, 1.807) is 26.0 Å². The maximum absolute atomic E-state index is 13.8. The van der Waals surface area contributed by atoms with E-state index in [2.05, 4.69) is 20.8 Å². The summed E-state index contributed by atoms with van der Waals surface area (Å²) in [4.78, 5) is 13.0. The van der Waals surface area contributed by atoms with Crippen LogP contribution < -0.4 is 5.32 Å². The molecule has 0 bridgehead atoms. The first-order chi connectivity index (χ1) is 13.8. The maximum atomic E-state index is 13.8. The van der Waals surface area contributed by atoms with Gasteiger partial charge in [-0.3, -0.25) is 4.79 Å². The van der Waals surface area contributed by atoms with Crippen LogP contribution in [0, 0.1) is 18.6 Å². The summed E-state index contributed by atoms with van der Waals surface area (Å²) in [6, 6.07) is 6.88. The van der Waals surface area contributed by atoms with E-state index in [0.29, 0.717) is 11.4 Å². The van der Waals surface area contributed by atoms with Crippen LogP contribution in [0.4, 0.5) is 8.78 Å². The lowest BCUT2D eigenvalue weighted by Crippen LogP contribution is -2.36. The van der Waals surface area contributed by atoms with E-state index >= 15 is 0 Å². The molecule has 0 aliphatic rings. The van der Waals surface area contributed by atoms with Gasteiger partial charge in [0.25, 0.3) is 0 Å². The molecule has 29 heavy (non-hydrogen) atoms. The van der Waals surface area contributed by atoms with Crippen LogP contribution in [-0.4, -0.2) is 26.1 Å². The summed E-state index contributed by atoms with van der Waals surface area (Å²) in [7, 11) is 0. The highest BCUT2D eigenvalue weighted by atomic mass is 35.5. The van der Waals surface area contributed by atoms with Crippen molar-refractivity contribution in [2.75, 3.05) is 0 Å². The molecule has 1 N–H and O–H groups in total. The Morgan fingerprint density at radius 3 is 2.48 bits per heavy atom. The Morgan fingerprint density at radius 1 is 1.17 bits per heavy atom. The zero-order valence-electron chi connectivity index (χ0n) is 15.5. The molecule has 0 saturated carbocycles. The normalized spacial score (nSPS) is 13.2. The van der Waals surface area contributed by atoms with Crippen molar-refractivity contribution in [1.82, 2.24) is 25.5 Å². The average molecular weight is 440 g/mol. The first-order valence-corrected chi connectivity index (χ1v) is 9.45.